The van der Waals surface area contributed by atoms with E-state index in [2.05, 4.69) is 4.90 Å². The predicted octanol–water partition coefficient (Wildman–Crippen LogP) is 0.389. The van der Waals surface area contributed by atoms with Gasteiger partial charge in [-0.2, -0.15) is 0 Å². The van der Waals surface area contributed by atoms with Gasteiger partial charge in [0.25, 0.3) is 0 Å². The molecular weight excluding hydrogens is 266 g/mol. The molecule has 6 nitrogen and oxygen atoms in total. The molecule has 0 aromatic heterocycles. The first-order chi connectivity index (χ1) is 8.91. The third-order valence-electron chi connectivity index (χ3n) is 3.36. The predicted molar refractivity (Wildman–Crippen MR) is 74.4 cm³/mol. The number of ether oxygens (including phenoxy) is 1. The van der Waals surface area contributed by atoms with Gasteiger partial charge >= 0.3 is 0 Å². The summed E-state index contributed by atoms with van der Waals surface area (Å²) in [5.74, 6) is 0.447. The smallest absolute Gasteiger partial charge is 0.238 e. The van der Waals surface area contributed by atoms with Gasteiger partial charge < -0.3 is 15.4 Å². The Bertz CT molecular complexity index is 559. The molecule has 106 valence electrons. The summed E-state index contributed by atoms with van der Waals surface area (Å²) in [6, 6.07) is 4.55. The summed E-state index contributed by atoms with van der Waals surface area (Å²) in [5.41, 5.74) is 7.21. The van der Waals surface area contributed by atoms with Crippen LogP contribution in [-0.2, 0) is 14.8 Å². The van der Waals surface area contributed by atoms with Gasteiger partial charge in [-0.3, -0.25) is 0 Å². The van der Waals surface area contributed by atoms with E-state index in [1.165, 1.54) is 6.07 Å². The van der Waals surface area contributed by atoms with E-state index in [1.807, 2.05) is 0 Å². The fourth-order valence-electron chi connectivity index (χ4n) is 2.40. The zero-order chi connectivity index (χ0) is 14.0. The molecule has 4 N–H and O–H groups in total. The van der Waals surface area contributed by atoms with Crippen molar-refractivity contribution in [2.45, 2.75) is 11.3 Å². The van der Waals surface area contributed by atoms with Gasteiger partial charge in [0.1, 0.15) is 0 Å². The number of primary sulfonamides is 1. The van der Waals surface area contributed by atoms with Gasteiger partial charge in [-0.25, -0.2) is 13.6 Å². The van der Waals surface area contributed by atoms with Gasteiger partial charge in [0.05, 0.1) is 22.9 Å². The summed E-state index contributed by atoms with van der Waals surface area (Å²) in [4.78, 5) is 2.17. The molecule has 1 unspecified atom stereocenters. The van der Waals surface area contributed by atoms with Crippen molar-refractivity contribution in [2.24, 2.45) is 11.1 Å². The Kier molecular flexibility index (Phi) is 3.98. The number of nitrogens with zero attached hydrogens (tertiary/aromatic N) is 1. The number of hydrogen-bond donors (Lipinski definition) is 2. The van der Waals surface area contributed by atoms with Crippen LogP contribution in [0, 0.1) is 5.92 Å². The maximum Gasteiger partial charge on any atom is 0.238 e. The van der Waals surface area contributed by atoms with Crippen LogP contribution < -0.4 is 15.8 Å². The van der Waals surface area contributed by atoms with E-state index in [0.29, 0.717) is 18.2 Å². The molecule has 1 fully saturated rings. The number of hydrogen-bond acceptors (Lipinski definition) is 5. The molecule has 1 saturated heterocycles. The van der Waals surface area contributed by atoms with E-state index in [1.54, 1.807) is 19.2 Å². The van der Waals surface area contributed by atoms with E-state index in [0.717, 1.165) is 25.2 Å². The molecule has 1 aliphatic heterocycles. The Hall–Kier alpha value is -1.31. The normalized spacial score (nSPS) is 19.9. The van der Waals surface area contributed by atoms with E-state index < -0.39 is 10.0 Å². The highest BCUT2D eigenvalue weighted by Crippen LogP contribution is 2.30. The Morgan fingerprint density at radius 3 is 2.84 bits per heavy atom. The molecule has 0 radical (unpaired) electrons. The maximum absolute atomic E-state index is 11.4. The largest absolute Gasteiger partial charge is 0.397 e. The molecule has 1 heterocycles. The van der Waals surface area contributed by atoms with Gasteiger partial charge in [0, 0.05) is 26.1 Å². The van der Waals surface area contributed by atoms with Crippen LogP contribution in [0.25, 0.3) is 0 Å². The Labute approximate surface area is 113 Å². The molecule has 2 rings (SSSR count). The third-order valence-corrected chi connectivity index (χ3v) is 4.27. The zero-order valence-corrected chi connectivity index (χ0v) is 11.7. The summed E-state index contributed by atoms with van der Waals surface area (Å²) in [5, 5.41) is 5.14. The number of sulfonamides is 1. The van der Waals surface area contributed by atoms with E-state index in [4.69, 9.17) is 15.6 Å². The lowest BCUT2D eigenvalue weighted by molar-refractivity contribution is 0.161. The van der Waals surface area contributed by atoms with Gasteiger partial charge in [-0.1, -0.05) is 0 Å². The van der Waals surface area contributed by atoms with Crippen molar-refractivity contribution >= 4 is 21.4 Å². The third kappa shape index (κ3) is 3.17. The lowest BCUT2D eigenvalue weighted by atomic mass is 10.1. The summed E-state index contributed by atoms with van der Waals surface area (Å²) >= 11 is 0. The van der Waals surface area contributed by atoms with Gasteiger partial charge in [0.15, 0.2) is 0 Å². The summed E-state index contributed by atoms with van der Waals surface area (Å²) in [6.07, 6.45) is 1.01. The van der Waals surface area contributed by atoms with Crippen molar-refractivity contribution in [3.63, 3.8) is 0 Å². The van der Waals surface area contributed by atoms with E-state index >= 15 is 0 Å². The number of rotatable bonds is 4. The molecule has 1 atom stereocenters. The van der Waals surface area contributed by atoms with E-state index in [-0.39, 0.29) is 4.90 Å². The lowest BCUT2D eigenvalue weighted by Gasteiger charge is -2.21. The van der Waals surface area contributed by atoms with Crippen molar-refractivity contribution in [1.29, 1.82) is 0 Å². The second kappa shape index (κ2) is 5.36. The number of benzene rings is 1. The fourth-order valence-corrected chi connectivity index (χ4v) is 2.93. The van der Waals surface area contributed by atoms with Crippen LogP contribution in [0.4, 0.5) is 11.4 Å². The van der Waals surface area contributed by atoms with E-state index in [9.17, 15) is 8.42 Å². The monoisotopic (exact) mass is 285 g/mol. The van der Waals surface area contributed by atoms with Crippen LogP contribution >= 0.6 is 0 Å². The SMILES string of the molecule is COCC1CCN(c2cc(S(N)(=O)=O)ccc2N)C1. The minimum absolute atomic E-state index is 0.0897. The first-order valence-corrected chi connectivity index (χ1v) is 7.62. The summed E-state index contributed by atoms with van der Waals surface area (Å²) in [7, 11) is -2.02. The highest BCUT2D eigenvalue weighted by Gasteiger charge is 2.24. The quantitative estimate of drug-likeness (QED) is 0.780. The number of methoxy groups -OCH3 is 1. The van der Waals surface area contributed by atoms with Crippen LogP contribution in [0.3, 0.4) is 0 Å². The van der Waals surface area contributed by atoms with Crippen molar-refractivity contribution < 1.29 is 13.2 Å². The topological polar surface area (TPSA) is 98.6 Å². The average molecular weight is 285 g/mol. The zero-order valence-electron chi connectivity index (χ0n) is 10.9. The first-order valence-electron chi connectivity index (χ1n) is 6.08. The molecule has 1 aromatic rings. The Morgan fingerprint density at radius 1 is 1.47 bits per heavy atom. The van der Waals surface area contributed by atoms with Crippen LogP contribution in [0.15, 0.2) is 23.1 Å². The summed E-state index contributed by atoms with van der Waals surface area (Å²) < 4.78 is 27.9. The molecular formula is C12H19N3O3S. The molecule has 1 aromatic carbocycles. The van der Waals surface area contributed by atoms with Crippen LogP contribution in [0.2, 0.25) is 0 Å². The van der Waals surface area contributed by atoms with Crippen LogP contribution in [0.1, 0.15) is 6.42 Å². The number of nitrogen functional groups attached to an aromatic ring is 1. The molecule has 0 bridgehead atoms. The van der Waals surface area contributed by atoms with Gasteiger partial charge in [0.2, 0.25) is 10.0 Å². The molecule has 7 heteroatoms. The Balaban J connectivity index is 2.25. The summed E-state index contributed by atoms with van der Waals surface area (Å²) in [6.45, 7) is 2.35. The standard InChI is InChI=1S/C12H19N3O3S/c1-18-8-9-4-5-15(7-9)12-6-10(19(14,16)17)2-3-11(12)13/h2-3,6,9H,4-5,7-8,13H2,1H3,(H2,14,16,17). The minimum atomic E-state index is -3.70. The number of anilines is 2. The minimum Gasteiger partial charge on any atom is -0.397 e. The molecule has 19 heavy (non-hydrogen) atoms. The second-order valence-corrected chi connectivity index (χ2v) is 6.38. The molecule has 0 spiro atoms. The highest BCUT2D eigenvalue weighted by molar-refractivity contribution is 7.89. The lowest BCUT2D eigenvalue weighted by Crippen LogP contribution is -2.23. The second-order valence-electron chi connectivity index (χ2n) is 4.82. The Morgan fingerprint density at radius 2 is 2.21 bits per heavy atom. The van der Waals surface area contributed by atoms with Crippen LogP contribution in [-0.4, -0.2) is 35.2 Å². The molecule has 1 aliphatic rings. The average Bonchev–Trinajstić information content (AvgIpc) is 2.77. The molecule has 0 saturated carbocycles. The molecule has 0 aliphatic carbocycles. The first kappa shape index (κ1) is 14.1. The molecule has 0 amide bonds. The van der Waals surface area contributed by atoms with Crippen LogP contribution in [0.5, 0.6) is 0 Å². The maximum atomic E-state index is 11.4. The van der Waals surface area contributed by atoms with Crippen molar-refractivity contribution in [1.82, 2.24) is 0 Å². The van der Waals surface area contributed by atoms with Gasteiger partial charge in [-0.15, -0.1) is 0 Å². The fraction of sp³-hybridized carbons (Fsp3) is 0.500. The van der Waals surface area contributed by atoms with Crippen molar-refractivity contribution in [3.05, 3.63) is 18.2 Å². The highest BCUT2D eigenvalue weighted by atomic mass is 32.2. The van der Waals surface area contributed by atoms with Crippen molar-refractivity contribution in [3.8, 4) is 0 Å². The van der Waals surface area contributed by atoms with Crippen molar-refractivity contribution in [2.75, 3.05) is 37.4 Å². The number of nitrogens with two attached hydrogens (primary N) is 2. The van der Waals surface area contributed by atoms with Gasteiger partial charge in [-0.05, 0) is 24.6 Å².